The van der Waals surface area contributed by atoms with Crippen LogP contribution in [0.3, 0.4) is 0 Å². The first kappa shape index (κ1) is 34.7. The van der Waals surface area contributed by atoms with Crippen LogP contribution in [0.25, 0.3) is 70.9 Å². The summed E-state index contributed by atoms with van der Waals surface area (Å²) in [5.41, 5.74) is 12.4. The van der Waals surface area contributed by atoms with Gasteiger partial charge in [-0.2, -0.15) is 0 Å². The Bertz CT molecular complexity index is 3420. The molecule has 5 heteroatoms. The van der Waals surface area contributed by atoms with E-state index in [-0.39, 0.29) is 0 Å². The third-order valence-electron chi connectivity index (χ3n) is 12.1. The van der Waals surface area contributed by atoms with Gasteiger partial charge in [-0.1, -0.05) is 103 Å². The van der Waals surface area contributed by atoms with Crippen molar-refractivity contribution in [2.24, 2.45) is 0 Å². The summed E-state index contributed by atoms with van der Waals surface area (Å²) in [7, 11) is 0. The second-order valence-electron chi connectivity index (χ2n) is 15.5. The molecular formula is C56H37N5. The Morgan fingerprint density at radius 3 is 1.49 bits per heavy atom. The van der Waals surface area contributed by atoms with Crippen LogP contribution in [0.2, 0.25) is 0 Å². The van der Waals surface area contributed by atoms with Crippen molar-refractivity contribution in [3.05, 3.63) is 225 Å². The molecule has 9 aromatic carbocycles. The molecule has 0 aliphatic carbocycles. The van der Waals surface area contributed by atoms with E-state index in [1.165, 1.54) is 59.7 Å². The first-order chi connectivity index (χ1) is 30.3. The van der Waals surface area contributed by atoms with Gasteiger partial charge in [0.1, 0.15) is 0 Å². The lowest BCUT2D eigenvalue weighted by atomic mass is 9.88. The minimum absolute atomic E-state index is 1.03. The zero-order valence-electron chi connectivity index (χ0n) is 33.1. The van der Waals surface area contributed by atoms with E-state index in [0.29, 0.717) is 0 Å². The van der Waals surface area contributed by atoms with Crippen LogP contribution in [0.4, 0.5) is 34.1 Å². The van der Waals surface area contributed by atoms with Crippen LogP contribution in [-0.4, -0.2) is 14.5 Å². The number of hydrogen-bond acceptors (Lipinski definition) is 4. The maximum Gasteiger partial charge on any atom is 0.0553 e. The molecule has 12 rings (SSSR count). The number of para-hydroxylation sites is 3. The highest BCUT2D eigenvalue weighted by molar-refractivity contribution is 6.34. The molecular weight excluding hydrogens is 743 g/mol. The number of pyridine rings is 2. The average Bonchev–Trinajstić information content (AvgIpc) is 3.66. The van der Waals surface area contributed by atoms with Crippen molar-refractivity contribution in [3.8, 4) is 16.8 Å². The normalized spacial score (nSPS) is 11.6. The fourth-order valence-electron chi connectivity index (χ4n) is 9.44. The molecule has 0 saturated carbocycles. The fraction of sp³-hybridized carbons (Fsp3) is 0. The van der Waals surface area contributed by atoms with Gasteiger partial charge in [0.25, 0.3) is 0 Å². The van der Waals surface area contributed by atoms with E-state index in [1.54, 1.807) is 0 Å². The first-order valence-corrected chi connectivity index (χ1v) is 20.6. The number of benzene rings is 9. The fourth-order valence-corrected chi connectivity index (χ4v) is 9.44. The molecule has 3 aromatic heterocycles. The quantitative estimate of drug-likeness (QED) is 0.144. The van der Waals surface area contributed by atoms with Crippen molar-refractivity contribution in [1.82, 2.24) is 14.5 Å². The Morgan fingerprint density at radius 1 is 0.328 bits per heavy atom. The predicted molar refractivity (Wildman–Crippen MR) is 255 cm³/mol. The molecule has 0 radical (unpaired) electrons. The summed E-state index contributed by atoms with van der Waals surface area (Å²) in [6, 6.07) is 72.3. The molecule has 0 spiro atoms. The summed E-state index contributed by atoms with van der Waals surface area (Å²) in [6.45, 7) is 0. The van der Waals surface area contributed by atoms with Gasteiger partial charge in [0, 0.05) is 75.4 Å². The van der Waals surface area contributed by atoms with E-state index >= 15 is 0 Å². The minimum atomic E-state index is 1.03. The van der Waals surface area contributed by atoms with Crippen molar-refractivity contribution in [2.75, 3.05) is 9.80 Å². The zero-order valence-corrected chi connectivity index (χ0v) is 33.1. The van der Waals surface area contributed by atoms with Gasteiger partial charge in [0.05, 0.1) is 11.0 Å². The van der Waals surface area contributed by atoms with Gasteiger partial charge < -0.3 is 14.4 Å². The zero-order chi connectivity index (χ0) is 40.3. The van der Waals surface area contributed by atoms with Crippen LogP contribution in [0, 0.1) is 0 Å². The summed E-state index contributed by atoms with van der Waals surface area (Å²) >= 11 is 0. The lowest BCUT2D eigenvalue weighted by Crippen LogP contribution is -2.09. The number of rotatable bonds is 8. The predicted octanol–water partition coefficient (Wildman–Crippen LogP) is 15.1. The molecule has 0 atom stereocenters. The first-order valence-electron chi connectivity index (χ1n) is 20.6. The summed E-state index contributed by atoms with van der Waals surface area (Å²) in [4.78, 5) is 13.3. The SMILES string of the molecule is c1ccc(N(c2ccccc2)c2ccc(-c3ccc4ccc5c6c(ccc3c46)cc3c5c4cc(N(c5ccncc5)c5ccncc5)ccc4n3-c3ccccc3)cc2)cc1. The highest BCUT2D eigenvalue weighted by Gasteiger charge is 2.22. The molecule has 0 amide bonds. The average molecular weight is 780 g/mol. The molecule has 0 fully saturated rings. The Labute approximate surface area is 353 Å². The largest absolute Gasteiger partial charge is 0.311 e. The number of hydrogen-bond donors (Lipinski definition) is 0. The summed E-state index contributed by atoms with van der Waals surface area (Å²) in [6.07, 6.45) is 7.39. The molecule has 0 saturated heterocycles. The highest BCUT2D eigenvalue weighted by Crippen LogP contribution is 2.47. The van der Waals surface area contributed by atoms with Gasteiger partial charge in [-0.3, -0.25) is 9.97 Å². The molecule has 12 aromatic rings. The van der Waals surface area contributed by atoms with Gasteiger partial charge in [-0.15, -0.1) is 0 Å². The van der Waals surface area contributed by atoms with E-state index in [1.807, 2.05) is 24.8 Å². The molecule has 286 valence electrons. The number of anilines is 6. The standard InChI is InChI=1S/C56H37N5/c1-4-10-41(11-5-1)59(42-12-6-2-7-13-42)44-21-16-38(17-22-44)48-24-18-39-19-26-50-55-40(20-25-49(48)54(39)55)36-53-56(50)51-37-47(23-27-52(51)61(53)43-14-8-3-9-15-43)60(45-28-32-57-33-29-45)46-30-34-58-35-31-46/h1-37H. The Morgan fingerprint density at radius 2 is 0.836 bits per heavy atom. The summed E-state index contributed by atoms with van der Waals surface area (Å²) < 4.78 is 2.42. The second-order valence-corrected chi connectivity index (χ2v) is 15.5. The van der Waals surface area contributed by atoms with Crippen LogP contribution in [0.5, 0.6) is 0 Å². The van der Waals surface area contributed by atoms with Crippen LogP contribution in [-0.2, 0) is 0 Å². The maximum absolute atomic E-state index is 4.33. The number of aromatic nitrogens is 3. The molecule has 5 nitrogen and oxygen atoms in total. The van der Waals surface area contributed by atoms with Crippen LogP contribution in [0.1, 0.15) is 0 Å². The summed E-state index contributed by atoms with van der Waals surface area (Å²) in [5, 5.41) is 9.98. The molecule has 0 aliphatic heterocycles. The third kappa shape index (κ3) is 5.70. The Kier molecular flexibility index (Phi) is 8.10. The van der Waals surface area contributed by atoms with Gasteiger partial charge in [0.15, 0.2) is 0 Å². The van der Waals surface area contributed by atoms with Crippen LogP contribution in [0.15, 0.2) is 225 Å². The van der Waals surface area contributed by atoms with E-state index in [9.17, 15) is 0 Å². The molecule has 0 unspecified atom stereocenters. The molecule has 3 heterocycles. The lowest BCUT2D eigenvalue weighted by Gasteiger charge is -2.25. The van der Waals surface area contributed by atoms with Crippen molar-refractivity contribution >= 4 is 88.2 Å². The Balaban J connectivity index is 1.07. The van der Waals surface area contributed by atoms with Crippen LogP contribution >= 0.6 is 0 Å². The number of fused-ring (bicyclic) bond motifs is 4. The highest BCUT2D eigenvalue weighted by atomic mass is 15.1. The van der Waals surface area contributed by atoms with Crippen LogP contribution < -0.4 is 9.80 Å². The van der Waals surface area contributed by atoms with Crippen molar-refractivity contribution < 1.29 is 0 Å². The van der Waals surface area contributed by atoms with Gasteiger partial charge in [0.2, 0.25) is 0 Å². The van der Waals surface area contributed by atoms with E-state index in [4.69, 9.17) is 0 Å². The second kappa shape index (κ2) is 14.2. The minimum Gasteiger partial charge on any atom is -0.311 e. The van der Waals surface area contributed by atoms with Gasteiger partial charge >= 0.3 is 0 Å². The summed E-state index contributed by atoms with van der Waals surface area (Å²) in [5.74, 6) is 0. The van der Waals surface area contributed by atoms with E-state index in [2.05, 4.69) is 225 Å². The lowest BCUT2D eigenvalue weighted by molar-refractivity contribution is 1.18. The molecule has 0 aliphatic rings. The maximum atomic E-state index is 4.33. The third-order valence-corrected chi connectivity index (χ3v) is 12.1. The van der Waals surface area contributed by atoms with Crippen molar-refractivity contribution in [2.45, 2.75) is 0 Å². The van der Waals surface area contributed by atoms with Gasteiger partial charge in [-0.05, 0) is 141 Å². The molecule has 0 N–H and O–H groups in total. The van der Waals surface area contributed by atoms with Crippen molar-refractivity contribution in [3.63, 3.8) is 0 Å². The van der Waals surface area contributed by atoms with Gasteiger partial charge in [-0.25, -0.2) is 0 Å². The molecule has 0 bridgehead atoms. The smallest absolute Gasteiger partial charge is 0.0553 e. The number of nitrogens with zero attached hydrogens (tertiary/aromatic N) is 5. The monoisotopic (exact) mass is 779 g/mol. The van der Waals surface area contributed by atoms with E-state index < -0.39 is 0 Å². The van der Waals surface area contributed by atoms with E-state index in [0.717, 1.165) is 45.3 Å². The topological polar surface area (TPSA) is 37.2 Å². The molecule has 61 heavy (non-hydrogen) atoms. The Hall–Kier alpha value is -8.28. The van der Waals surface area contributed by atoms with Crippen molar-refractivity contribution in [1.29, 1.82) is 0 Å².